The highest BCUT2D eigenvalue weighted by molar-refractivity contribution is 5.96. The van der Waals surface area contributed by atoms with Crippen molar-refractivity contribution in [3.05, 3.63) is 5.82 Å². The smallest absolute Gasteiger partial charge is 0.242 e. The molecule has 1 aromatic heterocycles. The van der Waals surface area contributed by atoms with Crippen molar-refractivity contribution in [3.63, 3.8) is 0 Å². The van der Waals surface area contributed by atoms with Crippen molar-refractivity contribution >= 4 is 5.78 Å². The predicted octanol–water partition coefficient (Wildman–Crippen LogP) is -0.870. The standard InChI is InChI=1S/C7H11N5O/c1-12-10-7(9-11-12)6(13)5(8)4-2-3-4/h4-5H,2-3,8H2,1H3. The van der Waals surface area contributed by atoms with Crippen molar-refractivity contribution in [2.45, 2.75) is 18.9 Å². The van der Waals surface area contributed by atoms with Gasteiger partial charge in [-0.2, -0.15) is 4.80 Å². The Morgan fingerprint density at radius 1 is 1.69 bits per heavy atom. The van der Waals surface area contributed by atoms with Crippen LogP contribution in [0, 0.1) is 5.92 Å². The molecule has 0 bridgehead atoms. The van der Waals surface area contributed by atoms with E-state index in [0.717, 1.165) is 12.8 Å². The summed E-state index contributed by atoms with van der Waals surface area (Å²) in [5.74, 6) is 0.258. The molecule has 1 atom stereocenters. The Hall–Kier alpha value is -1.30. The van der Waals surface area contributed by atoms with Crippen LogP contribution in [-0.2, 0) is 7.05 Å². The molecule has 0 amide bonds. The Labute approximate surface area is 75.1 Å². The number of tetrazole rings is 1. The molecule has 1 saturated carbocycles. The van der Waals surface area contributed by atoms with Crippen LogP contribution in [0.1, 0.15) is 23.5 Å². The summed E-state index contributed by atoms with van der Waals surface area (Å²) >= 11 is 0. The van der Waals surface area contributed by atoms with E-state index in [-0.39, 0.29) is 11.6 Å². The third kappa shape index (κ3) is 1.57. The van der Waals surface area contributed by atoms with Crippen LogP contribution in [0.3, 0.4) is 0 Å². The van der Waals surface area contributed by atoms with Gasteiger partial charge in [0.2, 0.25) is 11.6 Å². The summed E-state index contributed by atoms with van der Waals surface area (Å²) < 4.78 is 0. The zero-order valence-corrected chi connectivity index (χ0v) is 7.34. The van der Waals surface area contributed by atoms with Crippen molar-refractivity contribution < 1.29 is 4.79 Å². The second-order valence-electron chi connectivity index (χ2n) is 3.33. The molecule has 6 heteroatoms. The molecule has 2 N–H and O–H groups in total. The third-order valence-electron chi connectivity index (χ3n) is 2.16. The topological polar surface area (TPSA) is 86.7 Å². The summed E-state index contributed by atoms with van der Waals surface area (Å²) in [7, 11) is 1.62. The lowest BCUT2D eigenvalue weighted by atomic mass is 10.1. The molecule has 0 aliphatic heterocycles. The van der Waals surface area contributed by atoms with Gasteiger partial charge in [-0.25, -0.2) is 0 Å². The van der Waals surface area contributed by atoms with Gasteiger partial charge in [-0.05, 0) is 24.0 Å². The molecule has 0 spiro atoms. The van der Waals surface area contributed by atoms with Gasteiger partial charge in [0.05, 0.1) is 13.1 Å². The molecule has 70 valence electrons. The molecule has 2 rings (SSSR count). The molecule has 1 aromatic rings. The number of rotatable bonds is 3. The van der Waals surface area contributed by atoms with Gasteiger partial charge >= 0.3 is 0 Å². The van der Waals surface area contributed by atoms with Crippen molar-refractivity contribution in [1.29, 1.82) is 0 Å². The number of nitrogens with zero attached hydrogens (tertiary/aromatic N) is 4. The van der Waals surface area contributed by atoms with Crippen LogP contribution in [0.4, 0.5) is 0 Å². The Bertz CT molecular complexity index is 329. The van der Waals surface area contributed by atoms with Gasteiger partial charge < -0.3 is 5.73 Å². The Morgan fingerprint density at radius 2 is 2.38 bits per heavy atom. The highest BCUT2D eigenvalue weighted by Gasteiger charge is 2.35. The fourth-order valence-corrected chi connectivity index (χ4v) is 1.20. The van der Waals surface area contributed by atoms with Crippen LogP contribution in [0.25, 0.3) is 0 Å². The molecular weight excluding hydrogens is 170 g/mol. The number of Topliss-reactive ketones (excluding diaryl/α,β-unsaturated/α-hetero) is 1. The Morgan fingerprint density at radius 3 is 2.85 bits per heavy atom. The maximum absolute atomic E-state index is 11.5. The highest BCUT2D eigenvalue weighted by atomic mass is 16.1. The number of aromatic nitrogens is 4. The van der Waals surface area contributed by atoms with Crippen molar-refractivity contribution in [2.75, 3.05) is 0 Å². The summed E-state index contributed by atoms with van der Waals surface area (Å²) in [5, 5.41) is 11.0. The summed E-state index contributed by atoms with van der Waals surface area (Å²) in [6.07, 6.45) is 2.07. The molecular formula is C7H11N5O. The minimum absolute atomic E-state index is 0.127. The van der Waals surface area contributed by atoms with Crippen LogP contribution in [-0.4, -0.2) is 32.0 Å². The average molecular weight is 181 g/mol. The largest absolute Gasteiger partial charge is 0.321 e. The van der Waals surface area contributed by atoms with Crippen LogP contribution >= 0.6 is 0 Å². The molecule has 1 fully saturated rings. The van der Waals surface area contributed by atoms with Gasteiger partial charge in [-0.3, -0.25) is 4.79 Å². The zero-order chi connectivity index (χ0) is 9.42. The number of carbonyl (C=O) groups excluding carboxylic acids is 1. The number of hydrogen-bond acceptors (Lipinski definition) is 5. The number of ketones is 1. The predicted molar refractivity (Wildman–Crippen MR) is 43.8 cm³/mol. The van der Waals surface area contributed by atoms with E-state index in [2.05, 4.69) is 15.4 Å². The van der Waals surface area contributed by atoms with E-state index < -0.39 is 6.04 Å². The van der Waals surface area contributed by atoms with E-state index in [4.69, 9.17) is 5.73 Å². The minimum Gasteiger partial charge on any atom is -0.321 e. The Kier molecular flexibility index (Phi) is 1.84. The second kappa shape index (κ2) is 2.88. The van der Waals surface area contributed by atoms with E-state index in [1.165, 1.54) is 4.80 Å². The summed E-state index contributed by atoms with van der Waals surface area (Å²) in [6, 6.07) is -0.441. The second-order valence-corrected chi connectivity index (χ2v) is 3.33. The van der Waals surface area contributed by atoms with Crippen molar-refractivity contribution in [2.24, 2.45) is 18.7 Å². The van der Waals surface area contributed by atoms with Gasteiger partial charge in [0.15, 0.2) is 0 Å². The summed E-state index contributed by atoms with van der Waals surface area (Å²) in [6.45, 7) is 0. The fourth-order valence-electron chi connectivity index (χ4n) is 1.20. The zero-order valence-electron chi connectivity index (χ0n) is 7.34. The van der Waals surface area contributed by atoms with Crippen LogP contribution in [0.5, 0.6) is 0 Å². The van der Waals surface area contributed by atoms with Gasteiger partial charge in [0.25, 0.3) is 0 Å². The van der Waals surface area contributed by atoms with E-state index in [0.29, 0.717) is 5.92 Å². The van der Waals surface area contributed by atoms with E-state index in [1.54, 1.807) is 7.05 Å². The fraction of sp³-hybridized carbons (Fsp3) is 0.714. The first kappa shape index (κ1) is 8.31. The van der Waals surface area contributed by atoms with Crippen LogP contribution in [0.15, 0.2) is 0 Å². The SMILES string of the molecule is Cn1nnc(C(=O)C(N)C2CC2)n1. The maximum atomic E-state index is 11.5. The summed E-state index contributed by atoms with van der Waals surface area (Å²) in [5.41, 5.74) is 5.70. The average Bonchev–Trinajstić information content (AvgIpc) is 2.87. The monoisotopic (exact) mass is 181 g/mol. The van der Waals surface area contributed by atoms with E-state index in [9.17, 15) is 4.79 Å². The van der Waals surface area contributed by atoms with E-state index in [1.807, 2.05) is 0 Å². The first-order valence-corrected chi connectivity index (χ1v) is 4.22. The molecule has 1 aliphatic carbocycles. The van der Waals surface area contributed by atoms with Gasteiger partial charge in [0, 0.05) is 0 Å². The molecule has 6 nitrogen and oxygen atoms in total. The normalized spacial score (nSPS) is 18.6. The number of aryl methyl sites for hydroxylation is 1. The van der Waals surface area contributed by atoms with Gasteiger partial charge in [-0.15, -0.1) is 10.2 Å². The minimum atomic E-state index is -0.441. The van der Waals surface area contributed by atoms with Crippen LogP contribution < -0.4 is 5.73 Å². The molecule has 0 aromatic carbocycles. The lowest BCUT2D eigenvalue weighted by Gasteiger charge is -2.03. The van der Waals surface area contributed by atoms with Gasteiger partial charge in [-0.1, -0.05) is 0 Å². The summed E-state index contributed by atoms with van der Waals surface area (Å²) in [4.78, 5) is 12.8. The van der Waals surface area contributed by atoms with Crippen LogP contribution in [0.2, 0.25) is 0 Å². The van der Waals surface area contributed by atoms with Crippen molar-refractivity contribution in [1.82, 2.24) is 20.2 Å². The molecule has 0 saturated heterocycles. The molecule has 1 unspecified atom stereocenters. The maximum Gasteiger partial charge on any atom is 0.242 e. The number of hydrogen-bond donors (Lipinski definition) is 1. The number of nitrogens with two attached hydrogens (primary N) is 1. The van der Waals surface area contributed by atoms with Gasteiger partial charge in [0.1, 0.15) is 0 Å². The third-order valence-corrected chi connectivity index (χ3v) is 2.16. The highest BCUT2D eigenvalue weighted by Crippen LogP contribution is 2.32. The first-order valence-electron chi connectivity index (χ1n) is 4.22. The van der Waals surface area contributed by atoms with Crippen molar-refractivity contribution in [3.8, 4) is 0 Å². The molecule has 1 aliphatic rings. The molecule has 1 heterocycles. The molecule has 13 heavy (non-hydrogen) atoms. The lowest BCUT2D eigenvalue weighted by molar-refractivity contribution is 0.0941. The van der Waals surface area contributed by atoms with E-state index >= 15 is 0 Å². The lowest BCUT2D eigenvalue weighted by Crippen LogP contribution is -2.33. The number of carbonyl (C=O) groups is 1. The quantitative estimate of drug-likeness (QED) is 0.612. The first-order chi connectivity index (χ1) is 6.18. The molecule has 0 radical (unpaired) electrons. The Balaban J connectivity index is 2.11.